The third-order valence-corrected chi connectivity index (χ3v) is 3.24. The Hall–Kier alpha value is -2.29. The van der Waals surface area contributed by atoms with Crippen molar-refractivity contribution < 1.29 is 14.6 Å². The predicted molar refractivity (Wildman–Crippen MR) is 78.4 cm³/mol. The molecule has 1 N–H and O–H groups in total. The van der Waals surface area contributed by atoms with Gasteiger partial charge in [-0.25, -0.2) is 0 Å². The highest BCUT2D eigenvalue weighted by Crippen LogP contribution is 2.31. The lowest BCUT2D eigenvalue weighted by atomic mass is 10.1. The number of Topliss-reactive ketones (excluding diaryl/α,β-unsaturated/α-hetero) is 1. The number of aromatic hydroxyl groups is 1. The van der Waals surface area contributed by atoms with Crippen LogP contribution in [0.15, 0.2) is 36.4 Å². The predicted octanol–water partition coefficient (Wildman–Crippen LogP) is 3.79. The van der Waals surface area contributed by atoms with Gasteiger partial charge in [0.05, 0.1) is 5.56 Å². The fraction of sp³-hybridized carbons (Fsp3) is 0.235. The molecule has 0 spiro atoms. The maximum Gasteiger partial charge on any atom is 0.163 e. The molecule has 3 heteroatoms. The monoisotopic (exact) mass is 270 g/mol. The van der Waals surface area contributed by atoms with Gasteiger partial charge in [-0.2, -0.15) is 0 Å². The van der Waals surface area contributed by atoms with Crippen molar-refractivity contribution in [1.82, 2.24) is 0 Å². The number of phenolic OH excluding ortho intramolecular Hbond substituents is 1. The molecule has 2 rings (SSSR count). The second-order valence-corrected chi connectivity index (χ2v) is 4.92. The second-order valence-electron chi connectivity index (χ2n) is 4.92. The fourth-order valence-corrected chi connectivity index (χ4v) is 2.09. The number of benzene rings is 2. The van der Waals surface area contributed by atoms with Gasteiger partial charge in [-0.3, -0.25) is 4.79 Å². The highest BCUT2D eigenvalue weighted by Gasteiger charge is 2.13. The van der Waals surface area contributed by atoms with Gasteiger partial charge in [0.25, 0.3) is 0 Å². The minimum atomic E-state index is -0.157. The van der Waals surface area contributed by atoms with Gasteiger partial charge in [0.15, 0.2) is 5.78 Å². The third-order valence-electron chi connectivity index (χ3n) is 3.24. The Morgan fingerprint density at radius 2 is 1.95 bits per heavy atom. The lowest BCUT2D eigenvalue weighted by Crippen LogP contribution is -2.00. The summed E-state index contributed by atoms with van der Waals surface area (Å²) in [6.45, 7) is 5.64. The average Bonchev–Trinajstić information content (AvgIpc) is 2.40. The summed E-state index contributed by atoms with van der Waals surface area (Å²) in [5, 5.41) is 9.99. The molecule has 0 atom stereocenters. The number of hydrogen-bond acceptors (Lipinski definition) is 3. The molecular weight excluding hydrogens is 252 g/mol. The Kier molecular flexibility index (Phi) is 4.08. The number of carbonyl (C=O) groups excluding carboxylic acids is 1. The molecule has 3 nitrogen and oxygen atoms in total. The Morgan fingerprint density at radius 1 is 1.20 bits per heavy atom. The van der Waals surface area contributed by atoms with E-state index in [2.05, 4.69) is 6.07 Å². The standard InChI is InChI=1S/C17H18O3/c1-11-5-4-6-14(9-11)10-20-16-8-7-15(13(3)18)17(19)12(16)2/h4-9,19H,10H2,1-3H3. The van der Waals surface area contributed by atoms with Crippen molar-refractivity contribution in [2.45, 2.75) is 27.4 Å². The molecule has 2 aromatic rings. The van der Waals surface area contributed by atoms with Crippen molar-refractivity contribution in [2.75, 3.05) is 0 Å². The molecule has 0 fully saturated rings. The second kappa shape index (κ2) is 5.78. The molecule has 2 aromatic carbocycles. The Labute approximate surface area is 118 Å². The molecular formula is C17H18O3. The minimum Gasteiger partial charge on any atom is -0.507 e. The number of aryl methyl sites for hydroxylation is 1. The summed E-state index contributed by atoms with van der Waals surface area (Å²) in [4.78, 5) is 11.3. The molecule has 0 aromatic heterocycles. The van der Waals surface area contributed by atoms with Gasteiger partial charge in [-0.05, 0) is 38.5 Å². The molecule has 0 aliphatic carbocycles. The van der Waals surface area contributed by atoms with Crippen molar-refractivity contribution in [1.29, 1.82) is 0 Å². The lowest BCUT2D eigenvalue weighted by Gasteiger charge is -2.12. The molecule has 0 aliphatic rings. The van der Waals surface area contributed by atoms with Gasteiger partial charge in [0.2, 0.25) is 0 Å². The molecule has 104 valence electrons. The smallest absolute Gasteiger partial charge is 0.163 e. The van der Waals surface area contributed by atoms with Crippen LogP contribution in [0.1, 0.15) is 34.0 Å². The van der Waals surface area contributed by atoms with Gasteiger partial charge in [-0.15, -0.1) is 0 Å². The molecule has 0 aliphatic heterocycles. The molecule has 0 radical (unpaired) electrons. The van der Waals surface area contributed by atoms with Gasteiger partial charge in [0.1, 0.15) is 18.1 Å². The van der Waals surface area contributed by atoms with Crippen LogP contribution in [0.2, 0.25) is 0 Å². The number of ether oxygens (including phenoxy) is 1. The minimum absolute atomic E-state index is 0.000702. The van der Waals surface area contributed by atoms with E-state index in [1.165, 1.54) is 12.5 Å². The Morgan fingerprint density at radius 3 is 2.60 bits per heavy atom. The Bertz CT molecular complexity index is 645. The van der Waals surface area contributed by atoms with Crippen LogP contribution < -0.4 is 4.74 Å². The van der Waals surface area contributed by atoms with E-state index < -0.39 is 0 Å². The zero-order valence-electron chi connectivity index (χ0n) is 11.9. The summed E-state index contributed by atoms with van der Waals surface area (Å²) in [7, 11) is 0. The number of carbonyl (C=O) groups is 1. The lowest BCUT2D eigenvalue weighted by molar-refractivity contribution is 0.101. The van der Waals surface area contributed by atoms with E-state index in [4.69, 9.17) is 4.74 Å². The zero-order chi connectivity index (χ0) is 14.7. The number of hydrogen-bond donors (Lipinski definition) is 1. The zero-order valence-corrected chi connectivity index (χ0v) is 11.9. The first kappa shape index (κ1) is 14.1. The molecule has 0 heterocycles. The number of rotatable bonds is 4. The first-order valence-corrected chi connectivity index (χ1v) is 6.51. The van der Waals surface area contributed by atoms with Crippen molar-refractivity contribution in [3.05, 3.63) is 58.7 Å². The van der Waals surface area contributed by atoms with Crippen LogP contribution >= 0.6 is 0 Å². The van der Waals surface area contributed by atoms with E-state index >= 15 is 0 Å². The van der Waals surface area contributed by atoms with E-state index in [0.717, 1.165) is 5.56 Å². The van der Waals surface area contributed by atoms with E-state index in [0.29, 0.717) is 23.5 Å². The quantitative estimate of drug-likeness (QED) is 0.860. The van der Waals surface area contributed by atoms with Crippen LogP contribution in [0.25, 0.3) is 0 Å². The summed E-state index contributed by atoms with van der Waals surface area (Å²) in [5.74, 6) is 0.434. The topological polar surface area (TPSA) is 46.5 Å². The third kappa shape index (κ3) is 2.99. The molecule has 0 saturated heterocycles. The van der Waals surface area contributed by atoms with E-state index in [1.54, 1.807) is 19.1 Å². The van der Waals surface area contributed by atoms with Crippen molar-refractivity contribution in [3.8, 4) is 11.5 Å². The van der Waals surface area contributed by atoms with Crippen molar-refractivity contribution >= 4 is 5.78 Å². The average molecular weight is 270 g/mol. The van der Waals surface area contributed by atoms with Crippen LogP contribution in [-0.2, 0) is 6.61 Å². The summed E-state index contributed by atoms with van der Waals surface area (Å²) in [6, 6.07) is 11.4. The molecule has 0 saturated carbocycles. The maximum atomic E-state index is 11.3. The largest absolute Gasteiger partial charge is 0.507 e. The summed E-state index contributed by atoms with van der Waals surface area (Å²) in [5.41, 5.74) is 3.16. The van der Waals surface area contributed by atoms with Crippen molar-refractivity contribution in [2.24, 2.45) is 0 Å². The van der Waals surface area contributed by atoms with Gasteiger partial charge in [-0.1, -0.05) is 29.8 Å². The molecule has 0 unspecified atom stereocenters. The van der Waals surface area contributed by atoms with Gasteiger partial charge >= 0.3 is 0 Å². The summed E-state index contributed by atoms with van der Waals surface area (Å²) >= 11 is 0. The van der Waals surface area contributed by atoms with Gasteiger partial charge < -0.3 is 9.84 Å². The Balaban J connectivity index is 2.18. The van der Waals surface area contributed by atoms with Crippen LogP contribution in [0.3, 0.4) is 0 Å². The first-order chi connectivity index (χ1) is 9.49. The number of ketones is 1. The van der Waals surface area contributed by atoms with Crippen LogP contribution in [0.4, 0.5) is 0 Å². The first-order valence-electron chi connectivity index (χ1n) is 6.51. The fourth-order valence-electron chi connectivity index (χ4n) is 2.09. The van der Waals surface area contributed by atoms with E-state index in [1.807, 2.05) is 25.1 Å². The SMILES string of the molecule is CC(=O)c1ccc(OCc2cccc(C)c2)c(C)c1O. The van der Waals surface area contributed by atoms with Gasteiger partial charge in [0, 0.05) is 5.56 Å². The van der Waals surface area contributed by atoms with Crippen LogP contribution in [-0.4, -0.2) is 10.9 Å². The normalized spacial score (nSPS) is 10.3. The molecule has 20 heavy (non-hydrogen) atoms. The highest BCUT2D eigenvalue weighted by atomic mass is 16.5. The van der Waals surface area contributed by atoms with E-state index in [-0.39, 0.29) is 11.5 Å². The molecule has 0 bridgehead atoms. The van der Waals surface area contributed by atoms with E-state index in [9.17, 15) is 9.90 Å². The van der Waals surface area contributed by atoms with Crippen LogP contribution in [0, 0.1) is 13.8 Å². The maximum absolute atomic E-state index is 11.3. The highest BCUT2D eigenvalue weighted by molar-refractivity contribution is 5.97. The summed E-state index contributed by atoms with van der Waals surface area (Å²) < 4.78 is 5.72. The number of phenols is 1. The molecule has 0 amide bonds. The van der Waals surface area contributed by atoms with Crippen molar-refractivity contribution in [3.63, 3.8) is 0 Å². The van der Waals surface area contributed by atoms with Crippen LogP contribution in [0.5, 0.6) is 11.5 Å². The summed E-state index contributed by atoms with van der Waals surface area (Å²) in [6.07, 6.45) is 0.